The van der Waals surface area contributed by atoms with E-state index in [0.29, 0.717) is 6.42 Å². The van der Waals surface area contributed by atoms with Crippen LogP contribution < -0.4 is 0 Å². The van der Waals surface area contributed by atoms with Gasteiger partial charge in [-0.25, -0.2) is 4.39 Å². The minimum absolute atomic E-state index is 0.256. The lowest BCUT2D eigenvalue weighted by molar-refractivity contribution is 0.177. The lowest BCUT2D eigenvalue weighted by Gasteiger charge is -2.16. The molecule has 0 spiro atoms. The highest BCUT2D eigenvalue weighted by Crippen LogP contribution is 2.24. The van der Waals surface area contributed by atoms with Crippen LogP contribution in [0, 0.1) is 26.6 Å². The van der Waals surface area contributed by atoms with Crippen molar-refractivity contribution in [2.75, 3.05) is 0 Å². The molecule has 1 unspecified atom stereocenters. The van der Waals surface area contributed by atoms with E-state index in [9.17, 15) is 9.50 Å². The number of aliphatic hydroxyl groups is 1. The molecule has 0 aliphatic heterocycles. The van der Waals surface area contributed by atoms with E-state index in [1.807, 2.05) is 32.9 Å². The van der Waals surface area contributed by atoms with Crippen LogP contribution in [0.5, 0.6) is 0 Å². The van der Waals surface area contributed by atoms with E-state index in [-0.39, 0.29) is 5.82 Å². The molecule has 0 aliphatic carbocycles. The molecule has 2 heteroatoms. The number of hydrogen-bond acceptors (Lipinski definition) is 1. The Hall–Kier alpha value is -1.67. The molecule has 0 amide bonds. The molecular weight excluding hydrogens is 239 g/mol. The maximum atomic E-state index is 13.3. The molecule has 19 heavy (non-hydrogen) atoms. The molecule has 0 heterocycles. The summed E-state index contributed by atoms with van der Waals surface area (Å²) in [4.78, 5) is 0. The Balaban J connectivity index is 2.25. The molecule has 1 N–H and O–H groups in total. The second kappa shape index (κ2) is 5.54. The fraction of sp³-hybridized carbons (Fsp3) is 0.294. The summed E-state index contributed by atoms with van der Waals surface area (Å²) in [6, 6.07) is 10.7. The van der Waals surface area contributed by atoms with Crippen LogP contribution in [0.4, 0.5) is 4.39 Å². The Kier molecular flexibility index (Phi) is 4.01. The summed E-state index contributed by atoms with van der Waals surface area (Å²) in [5.74, 6) is -0.256. The monoisotopic (exact) mass is 258 g/mol. The molecule has 2 aromatic rings. The molecule has 1 atom stereocenters. The standard InChI is InChI=1S/C17H19FO/c1-11-4-7-16(13(3)8-11)17(19)10-14-9-15(18)6-5-12(14)2/h4-9,17,19H,10H2,1-3H3. The van der Waals surface area contributed by atoms with E-state index in [2.05, 4.69) is 6.07 Å². The number of benzene rings is 2. The quantitative estimate of drug-likeness (QED) is 0.881. The highest BCUT2D eigenvalue weighted by Gasteiger charge is 2.13. The van der Waals surface area contributed by atoms with Crippen LogP contribution in [0.1, 0.15) is 33.9 Å². The average Bonchev–Trinajstić information content (AvgIpc) is 2.33. The zero-order valence-corrected chi connectivity index (χ0v) is 11.6. The van der Waals surface area contributed by atoms with E-state index in [1.165, 1.54) is 17.7 Å². The summed E-state index contributed by atoms with van der Waals surface area (Å²) in [6.07, 6.45) is -0.158. The molecule has 2 aromatic carbocycles. The van der Waals surface area contributed by atoms with Gasteiger partial charge in [0, 0.05) is 6.42 Å². The SMILES string of the molecule is Cc1ccc(C(O)Cc2cc(F)ccc2C)c(C)c1. The van der Waals surface area contributed by atoms with Crippen LogP contribution in [0.15, 0.2) is 36.4 Å². The Labute approximate surface area is 113 Å². The molecule has 0 bridgehead atoms. The number of aryl methyl sites for hydroxylation is 3. The van der Waals surface area contributed by atoms with Gasteiger partial charge in [0.25, 0.3) is 0 Å². The molecule has 0 saturated carbocycles. The number of halogens is 1. The first-order chi connectivity index (χ1) is 8.97. The highest BCUT2D eigenvalue weighted by atomic mass is 19.1. The van der Waals surface area contributed by atoms with Gasteiger partial charge < -0.3 is 5.11 Å². The van der Waals surface area contributed by atoms with Gasteiger partial charge in [-0.15, -0.1) is 0 Å². The minimum atomic E-state index is -0.596. The van der Waals surface area contributed by atoms with Crippen LogP contribution >= 0.6 is 0 Å². The second-order valence-electron chi connectivity index (χ2n) is 5.15. The van der Waals surface area contributed by atoms with Gasteiger partial charge in [-0.05, 0) is 55.2 Å². The molecular formula is C17H19FO. The van der Waals surface area contributed by atoms with Crippen molar-refractivity contribution in [2.45, 2.75) is 33.3 Å². The zero-order valence-electron chi connectivity index (χ0n) is 11.6. The van der Waals surface area contributed by atoms with E-state index < -0.39 is 6.10 Å². The molecule has 0 aromatic heterocycles. The Morgan fingerprint density at radius 3 is 2.42 bits per heavy atom. The molecule has 0 saturated heterocycles. The normalized spacial score (nSPS) is 12.5. The van der Waals surface area contributed by atoms with Crippen molar-refractivity contribution < 1.29 is 9.50 Å². The third-order valence-corrected chi connectivity index (χ3v) is 3.51. The van der Waals surface area contributed by atoms with Crippen LogP contribution in [0.25, 0.3) is 0 Å². The number of rotatable bonds is 3. The smallest absolute Gasteiger partial charge is 0.123 e. The van der Waals surface area contributed by atoms with Gasteiger partial charge in [0.15, 0.2) is 0 Å². The maximum Gasteiger partial charge on any atom is 0.123 e. The molecule has 1 nitrogen and oxygen atoms in total. The average molecular weight is 258 g/mol. The number of aliphatic hydroxyl groups excluding tert-OH is 1. The van der Waals surface area contributed by atoms with E-state index in [4.69, 9.17) is 0 Å². The van der Waals surface area contributed by atoms with Gasteiger partial charge in [0.1, 0.15) is 5.82 Å². The maximum absolute atomic E-state index is 13.3. The Morgan fingerprint density at radius 2 is 1.74 bits per heavy atom. The highest BCUT2D eigenvalue weighted by molar-refractivity contribution is 5.34. The predicted octanol–water partition coefficient (Wildman–Crippen LogP) is 4.03. The van der Waals surface area contributed by atoms with Gasteiger partial charge in [-0.3, -0.25) is 0 Å². The van der Waals surface area contributed by atoms with Gasteiger partial charge >= 0.3 is 0 Å². The predicted molar refractivity (Wildman–Crippen MR) is 75.7 cm³/mol. The van der Waals surface area contributed by atoms with E-state index in [1.54, 1.807) is 6.07 Å². The van der Waals surface area contributed by atoms with E-state index in [0.717, 1.165) is 22.3 Å². The summed E-state index contributed by atoms with van der Waals surface area (Å²) in [5.41, 5.74) is 5.02. The van der Waals surface area contributed by atoms with Gasteiger partial charge in [0.05, 0.1) is 6.10 Å². The largest absolute Gasteiger partial charge is 0.388 e. The van der Waals surface area contributed by atoms with Gasteiger partial charge in [-0.1, -0.05) is 29.8 Å². The fourth-order valence-electron chi connectivity index (χ4n) is 2.38. The lowest BCUT2D eigenvalue weighted by Crippen LogP contribution is -2.05. The molecule has 0 fully saturated rings. The third-order valence-electron chi connectivity index (χ3n) is 3.51. The van der Waals surface area contributed by atoms with Crippen LogP contribution in [-0.2, 0) is 6.42 Å². The zero-order chi connectivity index (χ0) is 14.0. The van der Waals surface area contributed by atoms with Gasteiger partial charge in [0.2, 0.25) is 0 Å². The minimum Gasteiger partial charge on any atom is -0.388 e. The Morgan fingerprint density at radius 1 is 1.00 bits per heavy atom. The van der Waals surface area contributed by atoms with Crippen molar-refractivity contribution in [3.05, 3.63) is 70.0 Å². The summed E-state index contributed by atoms with van der Waals surface area (Å²) >= 11 is 0. The first-order valence-corrected chi connectivity index (χ1v) is 6.47. The molecule has 100 valence electrons. The number of hydrogen-bond donors (Lipinski definition) is 1. The second-order valence-corrected chi connectivity index (χ2v) is 5.15. The Bertz CT molecular complexity index is 590. The van der Waals surface area contributed by atoms with Crippen molar-refractivity contribution in [1.29, 1.82) is 0 Å². The van der Waals surface area contributed by atoms with Crippen molar-refractivity contribution in [1.82, 2.24) is 0 Å². The molecule has 0 aliphatic rings. The third kappa shape index (κ3) is 3.21. The lowest BCUT2D eigenvalue weighted by atomic mass is 9.94. The van der Waals surface area contributed by atoms with Crippen molar-refractivity contribution in [3.8, 4) is 0 Å². The summed E-state index contributed by atoms with van der Waals surface area (Å²) in [6.45, 7) is 5.95. The first-order valence-electron chi connectivity index (χ1n) is 6.47. The van der Waals surface area contributed by atoms with Gasteiger partial charge in [-0.2, -0.15) is 0 Å². The molecule has 2 rings (SSSR count). The topological polar surface area (TPSA) is 20.2 Å². The van der Waals surface area contributed by atoms with Crippen molar-refractivity contribution in [3.63, 3.8) is 0 Å². The summed E-state index contributed by atoms with van der Waals surface area (Å²) in [5, 5.41) is 10.3. The van der Waals surface area contributed by atoms with E-state index >= 15 is 0 Å². The summed E-state index contributed by atoms with van der Waals surface area (Å²) < 4.78 is 13.3. The van der Waals surface area contributed by atoms with Crippen molar-refractivity contribution >= 4 is 0 Å². The summed E-state index contributed by atoms with van der Waals surface area (Å²) in [7, 11) is 0. The fourth-order valence-corrected chi connectivity index (χ4v) is 2.38. The van der Waals surface area contributed by atoms with Crippen LogP contribution in [0.3, 0.4) is 0 Å². The first kappa shape index (κ1) is 13.8. The molecule has 0 radical (unpaired) electrons. The van der Waals surface area contributed by atoms with Crippen LogP contribution in [-0.4, -0.2) is 5.11 Å². The van der Waals surface area contributed by atoms with Crippen LogP contribution in [0.2, 0.25) is 0 Å². The van der Waals surface area contributed by atoms with Crippen molar-refractivity contribution in [2.24, 2.45) is 0 Å².